The predicted molar refractivity (Wildman–Crippen MR) is 83.8 cm³/mol. The molecule has 0 bridgehead atoms. The number of nitrogens with zero attached hydrogens (tertiary/aromatic N) is 4. The van der Waals surface area contributed by atoms with Crippen molar-refractivity contribution in [2.45, 2.75) is 25.4 Å². The average Bonchev–Trinajstić information content (AvgIpc) is 2.93. The fourth-order valence-corrected chi connectivity index (χ4v) is 2.51. The lowest BCUT2D eigenvalue weighted by Crippen LogP contribution is -2.38. The lowest BCUT2D eigenvalue weighted by molar-refractivity contribution is 0.510. The number of nitriles is 1. The van der Waals surface area contributed by atoms with Crippen LogP contribution in [0.3, 0.4) is 0 Å². The molecular formula is C16H21N5. The summed E-state index contributed by atoms with van der Waals surface area (Å²) in [6, 6.07) is 9.74. The molecule has 2 rings (SSSR count). The van der Waals surface area contributed by atoms with Crippen LogP contribution in [-0.4, -0.2) is 22.9 Å². The van der Waals surface area contributed by atoms with Crippen LogP contribution < -0.4 is 10.6 Å². The van der Waals surface area contributed by atoms with E-state index in [2.05, 4.69) is 23.0 Å². The third kappa shape index (κ3) is 3.23. The molecule has 2 atom stereocenters. The van der Waals surface area contributed by atoms with E-state index in [1.54, 1.807) is 4.68 Å². The molecule has 0 aliphatic heterocycles. The zero-order chi connectivity index (χ0) is 15.4. The number of likely N-dealkylation sites (N-methyl/N-ethyl adjacent to an activating group) is 1. The standard InChI is InChI=1S/C16H21N5/c1-4-15(18)16(13-10-19-20(2)11-13)21(3)14-7-5-12(9-17)6-8-14/h5-8,10-11,15-16H,4,18H2,1-3H3. The maximum atomic E-state index is 8.89. The van der Waals surface area contributed by atoms with E-state index in [1.807, 2.05) is 50.8 Å². The summed E-state index contributed by atoms with van der Waals surface area (Å²) in [6.45, 7) is 2.08. The Labute approximate surface area is 125 Å². The highest BCUT2D eigenvalue weighted by Crippen LogP contribution is 2.28. The van der Waals surface area contributed by atoms with E-state index < -0.39 is 0 Å². The molecule has 0 saturated carbocycles. The maximum absolute atomic E-state index is 8.89. The van der Waals surface area contributed by atoms with Gasteiger partial charge in [-0.1, -0.05) is 6.92 Å². The van der Waals surface area contributed by atoms with Crippen LogP contribution in [0.1, 0.15) is 30.5 Å². The van der Waals surface area contributed by atoms with Gasteiger partial charge in [-0.3, -0.25) is 4.68 Å². The highest BCUT2D eigenvalue weighted by molar-refractivity contribution is 5.51. The van der Waals surface area contributed by atoms with Crippen molar-refractivity contribution in [3.8, 4) is 6.07 Å². The van der Waals surface area contributed by atoms with Gasteiger partial charge >= 0.3 is 0 Å². The second-order valence-electron chi connectivity index (χ2n) is 5.23. The minimum absolute atomic E-state index is 0.00911. The van der Waals surface area contributed by atoms with Gasteiger partial charge in [0, 0.05) is 37.6 Å². The summed E-state index contributed by atoms with van der Waals surface area (Å²) in [6.07, 6.45) is 4.74. The minimum atomic E-state index is 0.00911. The van der Waals surface area contributed by atoms with Crippen LogP contribution in [0.15, 0.2) is 36.7 Å². The molecule has 0 radical (unpaired) electrons. The first-order valence-corrected chi connectivity index (χ1v) is 7.04. The maximum Gasteiger partial charge on any atom is 0.0991 e. The van der Waals surface area contributed by atoms with Gasteiger partial charge in [0.2, 0.25) is 0 Å². The Morgan fingerprint density at radius 2 is 2.05 bits per heavy atom. The fraction of sp³-hybridized carbons (Fsp3) is 0.375. The lowest BCUT2D eigenvalue weighted by Gasteiger charge is -2.33. The first-order valence-electron chi connectivity index (χ1n) is 7.04. The number of aryl methyl sites for hydroxylation is 1. The van der Waals surface area contributed by atoms with Crippen molar-refractivity contribution in [2.24, 2.45) is 12.8 Å². The molecule has 1 heterocycles. The molecule has 21 heavy (non-hydrogen) atoms. The van der Waals surface area contributed by atoms with Gasteiger partial charge in [-0.2, -0.15) is 10.4 Å². The Kier molecular flexibility index (Phi) is 4.61. The van der Waals surface area contributed by atoms with Crippen molar-refractivity contribution >= 4 is 5.69 Å². The summed E-state index contributed by atoms with van der Waals surface area (Å²) in [5.41, 5.74) is 9.11. The number of anilines is 1. The van der Waals surface area contributed by atoms with Gasteiger partial charge in [0.05, 0.1) is 23.9 Å². The Morgan fingerprint density at radius 3 is 2.52 bits per heavy atom. The highest BCUT2D eigenvalue weighted by Gasteiger charge is 2.24. The van der Waals surface area contributed by atoms with Crippen molar-refractivity contribution in [3.63, 3.8) is 0 Å². The van der Waals surface area contributed by atoms with Gasteiger partial charge in [0.1, 0.15) is 0 Å². The zero-order valence-corrected chi connectivity index (χ0v) is 12.7. The quantitative estimate of drug-likeness (QED) is 0.913. The van der Waals surface area contributed by atoms with E-state index in [0.29, 0.717) is 5.56 Å². The minimum Gasteiger partial charge on any atom is -0.366 e. The van der Waals surface area contributed by atoms with Crippen LogP contribution in [0.5, 0.6) is 0 Å². The van der Waals surface area contributed by atoms with E-state index in [0.717, 1.165) is 17.7 Å². The molecule has 2 aromatic rings. The second kappa shape index (κ2) is 6.42. The highest BCUT2D eigenvalue weighted by atomic mass is 15.2. The van der Waals surface area contributed by atoms with Crippen molar-refractivity contribution in [3.05, 3.63) is 47.8 Å². The van der Waals surface area contributed by atoms with Crippen LogP contribution in [0.25, 0.3) is 0 Å². The largest absolute Gasteiger partial charge is 0.366 e. The molecule has 0 spiro atoms. The Morgan fingerprint density at radius 1 is 1.38 bits per heavy atom. The topological polar surface area (TPSA) is 70.9 Å². The molecular weight excluding hydrogens is 262 g/mol. The normalized spacial score (nSPS) is 13.5. The number of hydrogen-bond donors (Lipinski definition) is 1. The molecule has 1 aromatic carbocycles. The third-order valence-corrected chi connectivity index (χ3v) is 3.76. The van der Waals surface area contributed by atoms with Gasteiger partial charge in [-0.15, -0.1) is 0 Å². The molecule has 5 heteroatoms. The average molecular weight is 283 g/mol. The van der Waals surface area contributed by atoms with Gasteiger partial charge in [0.15, 0.2) is 0 Å². The molecule has 0 fully saturated rings. The van der Waals surface area contributed by atoms with E-state index >= 15 is 0 Å². The summed E-state index contributed by atoms with van der Waals surface area (Å²) in [4.78, 5) is 2.15. The van der Waals surface area contributed by atoms with Crippen molar-refractivity contribution in [1.82, 2.24) is 9.78 Å². The smallest absolute Gasteiger partial charge is 0.0991 e. The van der Waals surface area contributed by atoms with Crippen LogP contribution in [-0.2, 0) is 7.05 Å². The number of rotatable bonds is 5. The summed E-state index contributed by atoms with van der Waals surface area (Å²) in [5.74, 6) is 0. The third-order valence-electron chi connectivity index (χ3n) is 3.76. The Balaban J connectivity index is 2.33. The second-order valence-corrected chi connectivity index (χ2v) is 5.23. The lowest BCUT2D eigenvalue weighted by atomic mass is 9.99. The summed E-state index contributed by atoms with van der Waals surface area (Å²) < 4.78 is 1.79. The van der Waals surface area contributed by atoms with E-state index in [-0.39, 0.29) is 12.1 Å². The van der Waals surface area contributed by atoms with Crippen LogP contribution in [0.4, 0.5) is 5.69 Å². The van der Waals surface area contributed by atoms with Crippen molar-refractivity contribution < 1.29 is 0 Å². The van der Waals surface area contributed by atoms with E-state index in [9.17, 15) is 0 Å². The summed E-state index contributed by atoms with van der Waals surface area (Å²) in [7, 11) is 3.92. The number of nitrogens with two attached hydrogens (primary N) is 1. The number of aromatic nitrogens is 2. The molecule has 1 aromatic heterocycles. The molecule has 0 aliphatic carbocycles. The molecule has 2 N–H and O–H groups in total. The monoisotopic (exact) mass is 283 g/mol. The van der Waals surface area contributed by atoms with Gasteiger partial charge in [0.25, 0.3) is 0 Å². The van der Waals surface area contributed by atoms with Crippen LogP contribution in [0, 0.1) is 11.3 Å². The fourth-order valence-electron chi connectivity index (χ4n) is 2.51. The van der Waals surface area contributed by atoms with Crippen LogP contribution in [0.2, 0.25) is 0 Å². The Hall–Kier alpha value is -2.32. The summed E-state index contributed by atoms with van der Waals surface area (Å²) in [5, 5.41) is 13.1. The van der Waals surface area contributed by atoms with Gasteiger partial charge in [-0.25, -0.2) is 0 Å². The van der Waals surface area contributed by atoms with Crippen LogP contribution >= 0.6 is 0 Å². The van der Waals surface area contributed by atoms with Crippen molar-refractivity contribution in [2.75, 3.05) is 11.9 Å². The molecule has 5 nitrogen and oxygen atoms in total. The first-order chi connectivity index (χ1) is 10.1. The van der Waals surface area contributed by atoms with Crippen molar-refractivity contribution in [1.29, 1.82) is 5.26 Å². The first kappa shape index (κ1) is 15.1. The predicted octanol–water partition coefficient (Wildman–Crippen LogP) is 2.21. The molecule has 2 unspecified atom stereocenters. The molecule has 110 valence electrons. The number of hydrogen-bond acceptors (Lipinski definition) is 4. The molecule has 0 aliphatic rings. The zero-order valence-electron chi connectivity index (χ0n) is 12.7. The number of benzene rings is 1. The van der Waals surface area contributed by atoms with Gasteiger partial charge < -0.3 is 10.6 Å². The molecule has 0 amide bonds. The SMILES string of the molecule is CCC(N)C(c1cnn(C)c1)N(C)c1ccc(C#N)cc1. The van der Waals surface area contributed by atoms with Gasteiger partial charge in [-0.05, 0) is 30.7 Å². The summed E-state index contributed by atoms with van der Waals surface area (Å²) >= 11 is 0. The molecule has 0 saturated heterocycles. The van der Waals surface area contributed by atoms with E-state index in [4.69, 9.17) is 11.0 Å². The Bertz CT molecular complexity index is 623. The van der Waals surface area contributed by atoms with E-state index in [1.165, 1.54) is 0 Å².